The van der Waals surface area contributed by atoms with Crippen molar-refractivity contribution in [1.29, 1.82) is 0 Å². The van der Waals surface area contributed by atoms with E-state index in [2.05, 4.69) is 177 Å². The van der Waals surface area contributed by atoms with E-state index in [0.717, 1.165) is 118 Å². The van der Waals surface area contributed by atoms with Crippen LogP contribution in [0.1, 0.15) is 138 Å². The Kier molecular flexibility index (Phi) is 37.5. The van der Waals surface area contributed by atoms with Gasteiger partial charge in [-0.15, -0.1) is 0 Å². The Morgan fingerprint density at radius 2 is 0.167 bits per heavy atom. The van der Waals surface area contributed by atoms with E-state index in [-0.39, 0.29) is 0 Å². The molecule has 0 aliphatic heterocycles. The average molecular weight is 1110 g/mol. The second kappa shape index (κ2) is 30.8. The summed E-state index contributed by atoms with van der Waals surface area (Å²) in [7, 11) is 18.3. The van der Waals surface area contributed by atoms with Gasteiger partial charge in [-0.3, -0.25) is 0 Å². The molecule has 0 nitrogen and oxygen atoms in total. The maximum absolute atomic E-state index is 4.57. The van der Waals surface area contributed by atoms with Crippen molar-refractivity contribution in [3.63, 3.8) is 0 Å². The van der Waals surface area contributed by atoms with Crippen LogP contribution in [0.25, 0.3) is 0 Å². The van der Waals surface area contributed by atoms with Gasteiger partial charge in [0.25, 0.3) is 0 Å². The molecule has 300 valence electrons. The third-order valence-electron chi connectivity index (χ3n) is 16.6. The van der Waals surface area contributed by atoms with Gasteiger partial charge in [0.1, 0.15) is 0 Å². The van der Waals surface area contributed by atoms with Crippen molar-refractivity contribution < 1.29 is 69.2 Å². The van der Waals surface area contributed by atoms with E-state index in [4.69, 9.17) is 0 Å². The third kappa shape index (κ3) is 16.8. The summed E-state index contributed by atoms with van der Waals surface area (Å²) in [5.41, 5.74) is 0. The Balaban J connectivity index is -0.000000251. The standard InChI is InChI=1S/4C10H20.4ClH.4Ru/c4*1-6-7(2)9(4)10(5)8(6)3;;;;;;;;/h4*6-10H,1-5H3;4*1H;;;;/q;;;;;;;;4*+1/p-4. The van der Waals surface area contributed by atoms with Crippen LogP contribution in [0.3, 0.4) is 0 Å². The molecule has 4 fully saturated rings. The van der Waals surface area contributed by atoms with Crippen LogP contribution < -0.4 is 0 Å². The molecule has 0 radical (unpaired) electrons. The van der Waals surface area contributed by atoms with Crippen LogP contribution in [0.15, 0.2) is 0 Å². The van der Waals surface area contributed by atoms with Gasteiger partial charge in [-0.25, -0.2) is 0 Å². The van der Waals surface area contributed by atoms with Crippen LogP contribution in [-0.2, 0) is 69.2 Å². The molecule has 0 aromatic carbocycles. The minimum absolute atomic E-state index is 0.935. The van der Waals surface area contributed by atoms with Gasteiger partial charge in [-0.1, -0.05) is 138 Å². The Hall–Kier alpha value is 3.65. The summed E-state index contributed by atoms with van der Waals surface area (Å²) in [5, 5.41) is 0. The molecule has 4 aliphatic carbocycles. The SMILES string of the molecule is CC1C(C)C(C)C(C)C1C.CC1C(C)C(C)C(C)C1C.CC1C(C)C(C)C(C)C1C.CC1C(C)C(C)C(C)C1C.[Cl][Ru].[Cl][Ru].[Cl][Ru].[Cl][Ru]. The van der Waals surface area contributed by atoms with Crippen molar-refractivity contribution in [3.05, 3.63) is 0 Å². The number of hydrogen-bond acceptors (Lipinski definition) is 0. The van der Waals surface area contributed by atoms with Crippen LogP contribution >= 0.6 is 38.8 Å². The minimum atomic E-state index is 0.935. The summed E-state index contributed by atoms with van der Waals surface area (Å²) in [4.78, 5) is 0. The predicted octanol–water partition coefficient (Wildman–Crippen LogP) is 15.5. The Bertz CT molecular complexity index is 449. The first kappa shape index (κ1) is 58.4. The van der Waals surface area contributed by atoms with E-state index in [1.54, 1.807) is 0 Å². The third-order valence-corrected chi connectivity index (χ3v) is 16.6. The van der Waals surface area contributed by atoms with E-state index in [1.807, 2.05) is 69.2 Å². The van der Waals surface area contributed by atoms with Gasteiger partial charge in [0, 0.05) is 0 Å². The van der Waals surface area contributed by atoms with Gasteiger partial charge >= 0.3 is 108 Å². The predicted molar refractivity (Wildman–Crippen MR) is 207 cm³/mol. The zero-order valence-electron chi connectivity index (χ0n) is 34.5. The summed E-state index contributed by atoms with van der Waals surface area (Å²) >= 11 is 7.29. The molecule has 0 unspecified atom stereocenters. The maximum atomic E-state index is 4.57. The second-order valence-electron chi connectivity index (χ2n) is 17.2. The van der Waals surface area contributed by atoms with E-state index in [1.165, 1.54) is 0 Å². The fourth-order valence-electron chi connectivity index (χ4n) is 9.58. The number of hydrogen-bond donors (Lipinski definition) is 0. The van der Waals surface area contributed by atoms with E-state index in [9.17, 15) is 0 Å². The van der Waals surface area contributed by atoms with Crippen molar-refractivity contribution in [2.24, 2.45) is 118 Å². The molecule has 0 amide bonds. The molecule has 0 aromatic rings. The summed E-state index contributed by atoms with van der Waals surface area (Å²) in [6.45, 7) is 48.0. The van der Waals surface area contributed by atoms with E-state index >= 15 is 0 Å². The molecular weight excluding hydrogens is 1030 g/mol. The van der Waals surface area contributed by atoms with E-state index in [0.29, 0.717) is 0 Å². The molecule has 0 bridgehead atoms. The Morgan fingerprint density at radius 3 is 0.188 bits per heavy atom. The van der Waals surface area contributed by atoms with Crippen molar-refractivity contribution in [2.75, 3.05) is 0 Å². The Morgan fingerprint density at radius 1 is 0.146 bits per heavy atom. The van der Waals surface area contributed by atoms with Gasteiger partial charge in [0.2, 0.25) is 0 Å². The van der Waals surface area contributed by atoms with Gasteiger partial charge in [0.15, 0.2) is 0 Å². The summed E-state index contributed by atoms with van der Waals surface area (Å²) < 4.78 is 0. The molecular formula is C40H80Cl4Ru4. The molecule has 8 heteroatoms. The zero-order valence-corrected chi connectivity index (χ0v) is 44.4. The normalized spacial score (nSPS) is 46.8. The fraction of sp³-hybridized carbons (Fsp3) is 1.00. The van der Waals surface area contributed by atoms with Crippen LogP contribution in [0.5, 0.6) is 0 Å². The first-order valence-electron chi connectivity index (χ1n) is 18.7. The van der Waals surface area contributed by atoms with Crippen LogP contribution in [0.2, 0.25) is 0 Å². The number of halogens is 4. The second-order valence-corrected chi connectivity index (χ2v) is 17.2. The van der Waals surface area contributed by atoms with E-state index < -0.39 is 0 Å². The molecule has 0 heterocycles. The topological polar surface area (TPSA) is 0 Å². The van der Waals surface area contributed by atoms with Gasteiger partial charge < -0.3 is 0 Å². The van der Waals surface area contributed by atoms with Crippen molar-refractivity contribution >= 4 is 38.8 Å². The molecule has 4 aliphatic rings. The van der Waals surface area contributed by atoms with Crippen molar-refractivity contribution in [3.8, 4) is 0 Å². The first-order chi connectivity index (χ1) is 22.2. The van der Waals surface area contributed by atoms with Crippen LogP contribution in [0, 0.1) is 118 Å². The summed E-state index contributed by atoms with van der Waals surface area (Å²) in [6.07, 6.45) is 0. The van der Waals surface area contributed by atoms with Crippen molar-refractivity contribution in [2.45, 2.75) is 138 Å². The number of rotatable bonds is 0. The molecule has 0 spiro atoms. The molecule has 4 saturated carbocycles. The summed E-state index contributed by atoms with van der Waals surface area (Å²) in [6, 6.07) is 0. The fourth-order valence-corrected chi connectivity index (χ4v) is 9.58. The average Bonchev–Trinajstić information content (AvgIpc) is 3.56. The van der Waals surface area contributed by atoms with Gasteiger partial charge in [0.05, 0.1) is 0 Å². The molecule has 48 heavy (non-hydrogen) atoms. The summed E-state index contributed by atoms with van der Waals surface area (Å²) in [5.74, 6) is 18.7. The van der Waals surface area contributed by atoms with Crippen LogP contribution in [0.4, 0.5) is 0 Å². The van der Waals surface area contributed by atoms with Gasteiger partial charge in [-0.05, 0) is 118 Å². The van der Waals surface area contributed by atoms with Crippen molar-refractivity contribution in [1.82, 2.24) is 0 Å². The molecule has 0 aromatic heterocycles. The Labute approximate surface area is 361 Å². The van der Waals surface area contributed by atoms with Gasteiger partial charge in [-0.2, -0.15) is 0 Å². The monoisotopic (exact) mass is 1110 g/mol. The molecule has 0 atom stereocenters. The molecule has 4 rings (SSSR count). The zero-order chi connectivity index (χ0) is 39.5. The molecule has 0 N–H and O–H groups in total. The molecule has 0 saturated heterocycles. The first-order valence-corrected chi connectivity index (χ1v) is 27.7. The quantitative estimate of drug-likeness (QED) is 0.212. The van der Waals surface area contributed by atoms with Crippen LogP contribution in [-0.4, -0.2) is 0 Å².